The number of benzene rings is 2. The van der Waals surface area contributed by atoms with Gasteiger partial charge in [0.2, 0.25) is 5.82 Å². The van der Waals surface area contributed by atoms with E-state index in [1.54, 1.807) is 36.4 Å². The van der Waals surface area contributed by atoms with Gasteiger partial charge in [-0.3, -0.25) is 4.79 Å². The van der Waals surface area contributed by atoms with Crippen LogP contribution in [0.1, 0.15) is 40.2 Å². The van der Waals surface area contributed by atoms with E-state index in [-0.39, 0.29) is 11.7 Å². The normalized spacial score (nSPS) is 14.3. The number of halogens is 3. The van der Waals surface area contributed by atoms with Crippen molar-refractivity contribution >= 4 is 11.7 Å². The number of amides is 1. The van der Waals surface area contributed by atoms with Gasteiger partial charge in [0.15, 0.2) is 0 Å². The molecule has 0 radical (unpaired) electrons. The Morgan fingerprint density at radius 2 is 1.75 bits per heavy atom. The molecule has 1 fully saturated rings. The minimum absolute atomic E-state index is 0.0879. The number of hydrogen-bond donors (Lipinski definition) is 2. The molecule has 1 aromatic heterocycles. The molecule has 4 rings (SSSR count). The minimum atomic E-state index is -4.62. The number of aromatic nitrogens is 2. The number of nitrogens with zero attached hydrogens (tertiary/aromatic N) is 2. The van der Waals surface area contributed by atoms with Crippen molar-refractivity contribution in [3.8, 4) is 23.5 Å². The van der Waals surface area contributed by atoms with Gasteiger partial charge in [-0.05, 0) is 48.2 Å². The number of anilines is 1. The first-order chi connectivity index (χ1) is 15.3. The van der Waals surface area contributed by atoms with Gasteiger partial charge in [0.1, 0.15) is 5.82 Å². The molecule has 5 nitrogen and oxygen atoms in total. The largest absolute Gasteiger partial charge is 0.451 e. The second kappa shape index (κ2) is 8.00. The summed E-state index contributed by atoms with van der Waals surface area (Å²) in [6, 6.07) is 14.1. The third-order valence-corrected chi connectivity index (χ3v) is 5.44. The monoisotopic (exact) mass is 436 g/mol. The summed E-state index contributed by atoms with van der Waals surface area (Å²) in [5, 5.41) is 5.79. The van der Waals surface area contributed by atoms with E-state index in [2.05, 4.69) is 26.5 Å². The fourth-order valence-electron chi connectivity index (χ4n) is 3.51. The first-order valence-corrected chi connectivity index (χ1v) is 9.88. The van der Waals surface area contributed by atoms with Crippen LogP contribution < -0.4 is 10.6 Å². The van der Waals surface area contributed by atoms with E-state index >= 15 is 0 Å². The molecule has 0 unspecified atom stereocenters. The molecule has 1 amide bonds. The molecule has 1 heterocycles. The maximum Gasteiger partial charge on any atom is 0.451 e. The molecular weight excluding hydrogens is 417 g/mol. The molecule has 3 aromatic rings. The van der Waals surface area contributed by atoms with Crippen LogP contribution in [0.3, 0.4) is 0 Å². The summed E-state index contributed by atoms with van der Waals surface area (Å²) in [6.07, 6.45) is 3.48. The molecule has 0 aliphatic heterocycles. The van der Waals surface area contributed by atoms with Crippen LogP contribution in [0.15, 0.2) is 54.7 Å². The van der Waals surface area contributed by atoms with Crippen LogP contribution in [0.25, 0.3) is 11.1 Å². The molecule has 1 saturated carbocycles. The number of rotatable bonds is 5. The molecule has 2 N–H and O–H groups in total. The lowest BCUT2D eigenvalue weighted by atomic mass is 9.99. The molecule has 0 bridgehead atoms. The molecule has 32 heavy (non-hydrogen) atoms. The van der Waals surface area contributed by atoms with Gasteiger partial charge in [-0.2, -0.15) is 13.2 Å². The Kier molecular flexibility index (Phi) is 5.35. The third-order valence-electron chi connectivity index (χ3n) is 5.44. The standard InChI is InChI=1S/C24H19F3N4O/c1-3-15-4-6-17(7-5-15)21(32)31-23(12-13-23)18-10-8-16(9-11-18)19-14-29-22(24(25,26)27)30-20(19)28-2/h1,4-11,14H,12-13H2,2H3,(H,31,32)(H,28,29,30). The predicted molar refractivity (Wildman–Crippen MR) is 115 cm³/mol. The Hall–Kier alpha value is -3.86. The zero-order valence-electron chi connectivity index (χ0n) is 17.1. The average molecular weight is 436 g/mol. The molecule has 0 saturated heterocycles. The molecule has 0 spiro atoms. The quantitative estimate of drug-likeness (QED) is 0.574. The van der Waals surface area contributed by atoms with Crippen LogP contribution in [-0.4, -0.2) is 22.9 Å². The topological polar surface area (TPSA) is 66.9 Å². The lowest BCUT2D eigenvalue weighted by molar-refractivity contribution is -0.144. The molecule has 1 aliphatic rings. The van der Waals surface area contributed by atoms with Crippen LogP contribution in [0.4, 0.5) is 19.0 Å². The second-order valence-electron chi connectivity index (χ2n) is 7.54. The van der Waals surface area contributed by atoms with E-state index in [1.807, 2.05) is 12.1 Å². The molecule has 2 aromatic carbocycles. The Morgan fingerprint density at radius 1 is 1.09 bits per heavy atom. The summed E-state index contributed by atoms with van der Waals surface area (Å²) >= 11 is 0. The third kappa shape index (κ3) is 4.14. The predicted octanol–water partition coefficient (Wildman–Crippen LogP) is 4.60. The van der Waals surface area contributed by atoms with E-state index < -0.39 is 17.5 Å². The Morgan fingerprint density at radius 3 is 2.28 bits per heavy atom. The van der Waals surface area contributed by atoms with Crippen LogP contribution in [-0.2, 0) is 11.7 Å². The second-order valence-corrected chi connectivity index (χ2v) is 7.54. The molecule has 0 atom stereocenters. The Labute approximate surface area is 183 Å². The summed E-state index contributed by atoms with van der Waals surface area (Å²) in [6.45, 7) is 0. The fraction of sp³-hybridized carbons (Fsp3) is 0.208. The lowest BCUT2D eigenvalue weighted by Crippen LogP contribution is -2.34. The van der Waals surface area contributed by atoms with E-state index in [0.717, 1.165) is 24.6 Å². The molecule has 1 aliphatic carbocycles. The minimum Gasteiger partial charge on any atom is -0.373 e. The van der Waals surface area contributed by atoms with Gasteiger partial charge < -0.3 is 10.6 Å². The SMILES string of the molecule is C#Cc1ccc(C(=O)NC2(c3ccc(-c4cnc(C(F)(F)F)nc4NC)cc3)CC2)cc1. The maximum absolute atomic E-state index is 12.9. The summed E-state index contributed by atoms with van der Waals surface area (Å²) in [5.74, 6) is 1.22. The van der Waals surface area contributed by atoms with Crippen molar-refractivity contribution in [1.82, 2.24) is 15.3 Å². The van der Waals surface area contributed by atoms with Crippen molar-refractivity contribution in [3.63, 3.8) is 0 Å². The Balaban J connectivity index is 1.55. The number of hydrogen-bond acceptors (Lipinski definition) is 4. The van der Waals surface area contributed by atoms with Crippen LogP contribution in [0, 0.1) is 12.3 Å². The van der Waals surface area contributed by atoms with Gasteiger partial charge in [0, 0.05) is 29.9 Å². The summed E-state index contributed by atoms with van der Waals surface area (Å²) < 4.78 is 38.7. The zero-order valence-corrected chi connectivity index (χ0v) is 17.1. The first-order valence-electron chi connectivity index (χ1n) is 9.88. The van der Waals surface area contributed by atoms with Crippen LogP contribution in [0.5, 0.6) is 0 Å². The number of terminal acetylenes is 1. The van der Waals surface area contributed by atoms with Crippen molar-refractivity contribution < 1.29 is 18.0 Å². The van der Waals surface area contributed by atoms with Crippen molar-refractivity contribution in [1.29, 1.82) is 0 Å². The van der Waals surface area contributed by atoms with E-state index in [9.17, 15) is 18.0 Å². The zero-order chi connectivity index (χ0) is 22.9. The van der Waals surface area contributed by atoms with E-state index in [1.165, 1.54) is 7.05 Å². The fourth-order valence-corrected chi connectivity index (χ4v) is 3.51. The van der Waals surface area contributed by atoms with Gasteiger partial charge in [-0.1, -0.05) is 30.2 Å². The van der Waals surface area contributed by atoms with Gasteiger partial charge >= 0.3 is 6.18 Å². The number of alkyl halides is 3. The average Bonchev–Trinajstić information content (AvgIpc) is 3.58. The molecular formula is C24H19F3N4O. The molecule has 162 valence electrons. The van der Waals surface area contributed by atoms with Crippen LogP contribution in [0.2, 0.25) is 0 Å². The first kappa shape index (κ1) is 21.4. The summed E-state index contributed by atoms with van der Waals surface area (Å²) in [7, 11) is 1.51. The Bertz CT molecular complexity index is 1190. The number of carbonyl (C=O) groups excluding carboxylic acids is 1. The van der Waals surface area contributed by atoms with Gasteiger partial charge in [0.25, 0.3) is 5.91 Å². The number of nitrogens with one attached hydrogen (secondary N) is 2. The summed E-state index contributed by atoms with van der Waals surface area (Å²) in [5.41, 5.74) is 2.81. The highest BCUT2D eigenvalue weighted by Gasteiger charge is 2.45. The number of carbonyl (C=O) groups is 1. The van der Waals surface area contributed by atoms with Gasteiger partial charge in [0.05, 0.1) is 5.54 Å². The van der Waals surface area contributed by atoms with Crippen molar-refractivity contribution in [2.24, 2.45) is 0 Å². The smallest absolute Gasteiger partial charge is 0.373 e. The van der Waals surface area contributed by atoms with Crippen LogP contribution >= 0.6 is 0 Å². The van der Waals surface area contributed by atoms with E-state index in [4.69, 9.17) is 6.42 Å². The van der Waals surface area contributed by atoms with Gasteiger partial charge in [-0.15, -0.1) is 6.42 Å². The molecule has 8 heteroatoms. The van der Waals surface area contributed by atoms with Crippen molar-refractivity contribution in [2.75, 3.05) is 12.4 Å². The van der Waals surface area contributed by atoms with Crippen molar-refractivity contribution in [3.05, 3.63) is 77.2 Å². The highest BCUT2D eigenvalue weighted by atomic mass is 19.4. The summed E-state index contributed by atoms with van der Waals surface area (Å²) in [4.78, 5) is 19.7. The maximum atomic E-state index is 12.9. The van der Waals surface area contributed by atoms with Gasteiger partial charge in [-0.25, -0.2) is 9.97 Å². The lowest BCUT2D eigenvalue weighted by Gasteiger charge is -2.19. The highest BCUT2D eigenvalue weighted by molar-refractivity contribution is 5.95. The van der Waals surface area contributed by atoms with E-state index in [0.29, 0.717) is 22.3 Å². The highest BCUT2D eigenvalue weighted by Crippen LogP contribution is 2.46. The van der Waals surface area contributed by atoms with Crippen molar-refractivity contribution in [2.45, 2.75) is 24.6 Å².